The van der Waals surface area contributed by atoms with Crippen LogP contribution in [0, 0.1) is 0 Å². The third kappa shape index (κ3) is 4.51. The zero-order valence-electron chi connectivity index (χ0n) is 17.6. The van der Waals surface area contributed by atoms with Gasteiger partial charge in [-0.2, -0.15) is 0 Å². The highest BCUT2D eigenvalue weighted by molar-refractivity contribution is 7.16. The first-order chi connectivity index (χ1) is 14.7. The van der Waals surface area contributed by atoms with E-state index >= 15 is 0 Å². The predicted molar refractivity (Wildman–Crippen MR) is 122 cm³/mol. The molecule has 1 aliphatic heterocycles. The lowest BCUT2D eigenvalue weighted by atomic mass is 9.97. The van der Waals surface area contributed by atoms with Crippen LogP contribution in [-0.4, -0.2) is 48.4 Å². The number of nitrogens with zero attached hydrogens (tertiary/aromatic N) is 2. The van der Waals surface area contributed by atoms with Crippen molar-refractivity contribution in [2.24, 2.45) is 0 Å². The number of anilines is 1. The summed E-state index contributed by atoms with van der Waals surface area (Å²) in [6.45, 7) is 9.63. The average molecular weight is 424 g/mol. The number of rotatable bonds is 7. The molecule has 6 heteroatoms. The van der Waals surface area contributed by atoms with E-state index in [1.807, 2.05) is 0 Å². The van der Waals surface area contributed by atoms with Crippen LogP contribution in [0.5, 0.6) is 0 Å². The van der Waals surface area contributed by atoms with E-state index in [0.717, 1.165) is 44.1 Å². The number of piperazine rings is 1. The highest BCUT2D eigenvalue weighted by Crippen LogP contribution is 2.40. The van der Waals surface area contributed by atoms with Gasteiger partial charge in [-0.25, -0.2) is 0 Å². The van der Waals surface area contributed by atoms with Crippen molar-refractivity contribution in [3.05, 3.63) is 76.6 Å². The van der Waals surface area contributed by atoms with Gasteiger partial charge in [-0.05, 0) is 36.7 Å². The molecule has 1 atom stereocenters. The molecule has 1 saturated heterocycles. The average Bonchev–Trinajstić information content (AvgIpc) is 3.46. The van der Waals surface area contributed by atoms with Crippen LogP contribution in [0.3, 0.4) is 0 Å². The molecule has 0 unspecified atom stereocenters. The van der Waals surface area contributed by atoms with Crippen molar-refractivity contribution < 1.29 is 9.21 Å². The Hall–Kier alpha value is -2.41. The number of hydrogen-bond donors (Lipinski definition) is 1. The molecule has 1 aromatic carbocycles. The molecule has 158 valence electrons. The number of carbonyl (C=O) groups is 1. The Kier molecular flexibility index (Phi) is 6.67. The number of amides is 1. The van der Waals surface area contributed by atoms with Crippen LogP contribution in [-0.2, 0) is 6.42 Å². The molecule has 1 N–H and O–H groups in total. The number of carbonyl (C=O) groups excluding carboxylic acids is 1. The van der Waals surface area contributed by atoms with E-state index in [-0.39, 0.29) is 11.9 Å². The van der Waals surface area contributed by atoms with Gasteiger partial charge in [-0.15, -0.1) is 11.3 Å². The quantitative estimate of drug-likeness (QED) is 0.588. The fourth-order valence-electron chi connectivity index (χ4n) is 4.07. The highest BCUT2D eigenvalue weighted by Gasteiger charge is 2.29. The number of likely N-dealkylation sites (N-methyl/N-ethyl adjacent to an activating group) is 1. The van der Waals surface area contributed by atoms with Crippen molar-refractivity contribution in [2.45, 2.75) is 26.3 Å². The summed E-state index contributed by atoms with van der Waals surface area (Å²) in [5, 5.41) is 4.04. The van der Waals surface area contributed by atoms with Crippen molar-refractivity contribution in [3.63, 3.8) is 0 Å². The third-order valence-electron chi connectivity index (χ3n) is 5.76. The zero-order valence-corrected chi connectivity index (χ0v) is 18.5. The van der Waals surface area contributed by atoms with E-state index in [9.17, 15) is 4.79 Å². The van der Waals surface area contributed by atoms with E-state index in [2.05, 4.69) is 65.4 Å². The standard InChI is InChI=1S/C24H29N3O2S/c1-3-19-17-20(24(30-19)25-23(28)21-11-8-16-29-21)22(18-9-6-5-7-10-18)27-14-12-26(4-2)13-15-27/h5-11,16-17,22H,3-4,12-15H2,1-2H3,(H,25,28)/t22-/m1/s1. The maximum absolute atomic E-state index is 12.7. The van der Waals surface area contributed by atoms with Gasteiger partial charge in [0.1, 0.15) is 5.00 Å². The van der Waals surface area contributed by atoms with Gasteiger partial charge in [0, 0.05) is 36.6 Å². The van der Waals surface area contributed by atoms with E-state index in [4.69, 9.17) is 4.42 Å². The Morgan fingerprint density at radius 3 is 2.50 bits per heavy atom. The van der Waals surface area contributed by atoms with E-state index < -0.39 is 0 Å². The number of thiophene rings is 1. The lowest BCUT2D eigenvalue weighted by Gasteiger charge is -2.39. The number of hydrogen-bond acceptors (Lipinski definition) is 5. The molecule has 2 aromatic heterocycles. The van der Waals surface area contributed by atoms with Gasteiger partial charge in [0.2, 0.25) is 0 Å². The molecule has 4 rings (SSSR count). The molecule has 0 saturated carbocycles. The Bertz CT molecular complexity index is 944. The lowest BCUT2D eigenvalue weighted by molar-refractivity contribution is 0.0995. The SMILES string of the molecule is CCc1cc([C@@H](c2ccccc2)N2CCN(CC)CC2)c(NC(=O)c2ccco2)s1. The number of aryl methyl sites for hydroxylation is 1. The fraction of sp³-hybridized carbons (Fsp3) is 0.375. The topological polar surface area (TPSA) is 48.7 Å². The molecule has 30 heavy (non-hydrogen) atoms. The van der Waals surface area contributed by atoms with Gasteiger partial charge in [0.05, 0.1) is 12.3 Å². The van der Waals surface area contributed by atoms with E-state index in [1.54, 1.807) is 23.5 Å². The molecule has 3 aromatic rings. The second-order valence-electron chi connectivity index (χ2n) is 7.57. The second kappa shape index (κ2) is 9.60. The summed E-state index contributed by atoms with van der Waals surface area (Å²) in [6, 6.07) is 16.5. The molecule has 3 heterocycles. The van der Waals surface area contributed by atoms with Gasteiger partial charge in [-0.3, -0.25) is 9.69 Å². The number of nitrogens with one attached hydrogen (secondary N) is 1. The monoisotopic (exact) mass is 423 g/mol. The van der Waals surface area contributed by atoms with Gasteiger partial charge in [-0.1, -0.05) is 44.2 Å². The summed E-state index contributed by atoms with van der Waals surface area (Å²) in [7, 11) is 0. The van der Waals surface area contributed by atoms with Crippen LogP contribution < -0.4 is 5.32 Å². The minimum absolute atomic E-state index is 0.119. The minimum Gasteiger partial charge on any atom is -0.459 e. The van der Waals surface area contributed by atoms with Crippen molar-refractivity contribution in [1.82, 2.24) is 9.80 Å². The van der Waals surface area contributed by atoms with Crippen LogP contribution in [0.1, 0.15) is 46.4 Å². The molecule has 0 aliphatic carbocycles. The summed E-state index contributed by atoms with van der Waals surface area (Å²) in [5.74, 6) is 0.133. The molecule has 0 spiro atoms. The van der Waals surface area contributed by atoms with Crippen LogP contribution in [0.2, 0.25) is 0 Å². The molecule has 1 aliphatic rings. The van der Waals surface area contributed by atoms with Crippen LogP contribution in [0.4, 0.5) is 5.00 Å². The Morgan fingerprint density at radius 2 is 1.87 bits per heavy atom. The first-order valence-electron chi connectivity index (χ1n) is 10.7. The second-order valence-corrected chi connectivity index (χ2v) is 8.70. The van der Waals surface area contributed by atoms with Crippen LogP contribution in [0.15, 0.2) is 59.2 Å². The maximum atomic E-state index is 12.7. The maximum Gasteiger partial charge on any atom is 0.291 e. The third-order valence-corrected chi connectivity index (χ3v) is 6.97. The first kappa shape index (κ1) is 20.8. The van der Waals surface area contributed by atoms with Crippen LogP contribution in [0.25, 0.3) is 0 Å². The predicted octanol–water partition coefficient (Wildman–Crippen LogP) is 4.88. The van der Waals surface area contributed by atoms with Gasteiger partial charge < -0.3 is 14.6 Å². The molecule has 0 bridgehead atoms. The number of benzene rings is 1. The molecular weight excluding hydrogens is 394 g/mol. The van der Waals surface area contributed by atoms with Crippen molar-refractivity contribution in [3.8, 4) is 0 Å². The first-order valence-corrected chi connectivity index (χ1v) is 11.5. The van der Waals surface area contributed by atoms with Crippen molar-refractivity contribution >= 4 is 22.2 Å². The largest absolute Gasteiger partial charge is 0.459 e. The Labute approximate surface area is 182 Å². The van der Waals surface area contributed by atoms with E-state index in [1.165, 1.54) is 22.3 Å². The Balaban J connectivity index is 1.69. The van der Waals surface area contributed by atoms with Gasteiger partial charge in [0.15, 0.2) is 5.76 Å². The molecule has 0 radical (unpaired) electrons. The summed E-state index contributed by atoms with van der Waals surface area (Å²) in [5.41, 5.74) is 2.43. The summed E-state index contributed by atoms with van der Waals surface area (Å²) < 4.78 is 5.30. The summed E-state index contributed by atoms with van der Waals surface area (Å²) in [4.78, 5) is 19.0. The van der Waals surface area contributed by atoms with Crippen LogP contribution >= 0.6 is 11.3 Å². The zero-order chi connectivity index (χ0) is 20.9. The molecule has 1 amide bonds. The summed E-state index contributed by atoms with van der Waals surface area (Å²) >= 11 is 1.67. The number of furan rings is 1. The molecule has 1 fully saturated rings. The van der Waals surface area contributed by atoms with Gasteiger partial charge >= 0.3 is 0 Å². The Morgan fingerprint density at radius 1 is 1.10 bits per heavy atom. The fourth-order valence-corrected chi connectivity index (χ4v) is 5.09. The van der Waals surface area contributed by atoms with Crippen molar-refractivity contribution in [2.75, 3.05) is 38.0 Å². The minimum atomic E-state index is -0.201. The van der Waals surface area contributed by atoms with Gasteiger partial charge in [0.25, 0.3) is 5.91 Å². The highest BCUT2D eigenvalue weighted by atomic mass is 32.1. The molecule has 5 nitrogen and oxygen atoms in total. The normalized spacial score (nSPS) is 16.5. The molecular formula is C24H29N3O2S. The smallest absolute Gasteiger partial charge is 0.291 e. The lowest BCUT2D eigenvalue weighted by Crippen LogP contribution is -2.47. The van der Waals surface area contributed by atoms with Crippen molar-refractivity contribution in [1.29, 1.82) is 0 Å². The summed E-state index contributed by atoms with van der Waals surface area (Å²) in [6.07, 6.45) is 2.47. The van der Waals surface area contributed by atoms with E-state index in [0.29, 0.717) is 5.76 Å².